The number of hydrogen-bond acceptors (Lipinski definition) is 4. The van der Waals surface area contributed by atoms with Crippen LogP contribution < -0.4 is 9.80 Å². The summed E-state index contributed by atoms with van der Waals surface area (Å²) in [5.41, 5.74) is 2.79. The molecule has 0 amide bonds. The van der Waals surface area contributed by atoms with Crippen molar-refractivity contribution in [2.24, 2.45) is 0 Å². The number of anilines is 2. The van der Waals surface area contributed by atoms with Crippen molar-refractivity contribution in [2.75, 3.05) is 23.4 Å². The van der Waals surface area contributed by atoms with Gasteiger partial charge in [-0.3, -0.25) is 0 Å². The Morgan fingerprint density at radius 1 is 1.04 bits per heavy atom. The maximum atomic E-state index is 12.4. The Labute approximate surface area is 137 Å². The molecule has 1 atom stereocenters. The summed E-state index contributed by atoms with van der Waals surface area (Å²) in [5, 5.41) is 0. The Morgan fingerprint density at radius 3 is 2.39 bits per heavy atom. The second kappa shape index (κ2) is 6.73. The number of unbranched alkanes of at least 4 members (excludes halogenated alkanes) is 1. The van der Waals surface area contributed by atoms with Crippen molar-refractivity contribution in [1.29, 1.82) is 0 Å². The lowest BCUT2D eigenvalue weighted by Crippen LogP contribution is -2.45. The number of rotatable bonds is 5. The zero-order valence-electron chi connectivity index (χ0n) is 13.6. The van der Waals surface area contributed by atoms with Crippen LogP contribution in [0.3, 0.4) is 0 Å². The van der Waals surface area contributed by atoms with Gasteiger partial charge in [0, 0.05) is 13.6 Å². The SMILES string of the molecule is CCCCN1c2ccccc2N(C)C1OC(=O)c1ccccc1. The third-order valence-electron chi connectivity index (χ3n) is 4.14. The van der Waals surface area contributed by atoms with Gasteiger partial charge in [-0.1, -0.05) is 43.7 Å². The molecule has 3 rings (SSSR count). The summed E-state index contributed by atoms with van der Waals surface area (Å²) >= 11 is 0. The molecule has 0 aromatic heterocycles. The fourth-order valence-electron chi connectivity index (χ4n) is 2.89. The molecule has 1 aliphatic heterocycles. The van der Waals surface area contributed by atoms with Crippen molar-refractivity contribution in [2.45, 2.75) is 26.1 Å². The quantitative estimate of drug-likeness (QED) is 0.785. The Morgan fingerprint density at radius 2 is 1.70 bits per heavy atom. The Balaban J connectivity index is 1.84. The highest BCUT2D eigenvalue weighted by atomic mass is 16.6. The molecule has 0 spiro atoms. The highest BCUT2D eigenvalue weighted by Crippen LogP contribution is 2.39. The summed E-state index contributed by atoms with van der Waals surface area (Å²) in [6.45, 7) is 3.03. The minimum absolute atomic E-state index is 0.295. The van der Waals surface area contributed by atoms with Gasteiger partial charge in [0.15, 0.2) is 0 Å². The first kappa shape index (κ1) is 15.4. The van der Waals surface area contributed by atoms with Crippen molar-refractivity contribution in [3.63, 3.8) is 0 Å². The van der Waals surface area contributed by atoms with Crippen LogP contribution in [-0.2, 0) is 4.74 Å². The van der Waals surface area contributed by atoms with E-state index in [2.05, 4.69) is 24.0 Å². The zero-order chi connectivity index (χ0) is 16.2. The highest BCUT2D eigenvalue weighted by molar-refractivity contribution is 5.90. The van der Waals surface area contributed by atoms with Crippen LogP contribution in [0.2, 0.25) is 0 Å². The summed E-state index contributed by atoms with van der Waals surface area (Å²) in [6, 6.07) is 17.3. The first-order chi connectivity index (χ1) is 11.2. The number of ether oxygens (including phenoxy) is 1. The van der Waals surface area contributed by atoms with E-state index in [9.17, 15) is 4.79 Å². The van der Waals surface area contributed by atoms with Crippen molar-refractivity contribution in [1.82, 2.24) is 0 Å². The van der Waals surface area contributed by atoms with Crippen LogP contribution >= 0.6 is 0 Å². The normalized spacial score (nSPS) is 16.3. The predicted octanol–water partition coefficient (Wildman–Crippen LogP) is 3.88. The predicted molar refractivity (Wildman–Crippen MR) is 92.7 cm³/mol. The van der Waals surface area contributed by atoms with Gasteiger partial charge in [0.1, 0.15) is 0 Å². The molecule has 1 heterocycles. The third-order valence-corrected chi connectivity index (χ3v) is 4.14. The summed E-state index contributed by atoms with van der Waals surface area (Å²) in [5.74, 6) is -0.295. The van der Waals surface area contributed by atoms with Gasteiger partial charge in [0.2, 0.25) is 0 Å². The fraction of sp³-hybridized carbons (Fsp3) is 0.316. The standard InChI is InChI=1S/C19H22N2O2/c1-3-4-14-21-17-13-9-8-12-16(17)20(2)19(21)23-18(22)15-10-6-5-7-11-15/h5-13,19H,3-4,14H2,1-2H3. The summed E-state index contributed by atoms with van der Waals surface area (Å²) in [4.78, 5) is 16.6. The Bertz CT molecular complexity index is 672. The number of hydrogen-bond donors (Lipinski definition) is 0. The van der Waals surface area contributed by atoms with Crippen LogP contribution in [0.15, 0.2) is 54.6 Å². The van der Waals surface area contributed by atoms with Gasteiger partial charge in [0.25, 0.3) is 6.35 Å². The van der Waals surface area contributed by atoms with E-state index in [0.717, 1.165) is 30.8 Å². The van der Waals surface area contributed by atoms with E-state index in [4.69, 9.17) is 4.74 Å². The van der Waals surface area contributed by atoms with Gasteiger partial charge in [0.05, 0.1) is 16.9 Å². The fourth-order valence-corrected chi connectivity index (χ4v) is 2.89. The number of esters is 1. The second-order valence-electron chi connectivity index (χ2n) is 5.74. The molecule has 4 nitrogen and oxygen atoms in total. The van der Waals surface area contributed by atoms with Gasteiger partial charge in [-0.25, -0.2) is 4.79 Å². The molecule has 0 N–H and O–H groups in total. The number of para-hydroxylation sites is 2. The topological polar surface area (TPSA) is 32.8 Å². The molecule has 0 radical (unpaired) electrons. The average Bonchev–Trinajstić information content (AvgIpc) is 2.86. The number of carbonyl (C=O) groups excluding carboxylic acids is 1. The monoisotopic (exact) mass is 310 g/mol. The van der Waals surface area contributed by atoms with Crippen LogP contribution in [0.1, 0.15) is 30.1 Å². The highest BCUT2D eigenvalue weighted by Gasteiger charge is 2.35. The van der Waals surface area contributed by atoms with Crippen molar-refractivity contribution < 1.29 is 9.53 Å². The van der Waals surface area contributed by atoms with Gasteiger partial charge < -0.3 is 14.5 Å². The minimum Gasteiger partial charge on any atom is -0.419 e. The van der Waals surface area contributed by atoms with Crippen LogP contribution in [0.4, 0.5) is 11.4 Å². The Hall–Kier alpha value is -2.49. The lowest BCUT2D eigenvalue weighted by molar-refractivity contribution is 0.0311. The molecule has 2 aromatic rings. The molecule has 2 aromatic carbocycles. The summed E-state index contributed by atoms with van der Waals surface area (Å²) < 4.78 is 5.81. The van der Waals surface area contributed by atoms with Crippen LogP contribution in [0.5, 0.6) is 0 Å². The molecule has 4 heteroatoms. The molecule has 1 unspecified atom stereocenters. The van der Waals surface area contributed by atoms with Gasteiger partial charge >= 0.3 is 5.97 Å². The third kappa shape index (κ3) is 3.02. The van der Waals surface area contributed by atoms with E-state index >= 15 is 0 Å². The molecule has 0 saturated carbocycles. The number of fused-ring (bicyclic) bond motifs is 1. The largest absolute Gasteiger partial charge is 0.419 e. The van der Waals surface area contributed by atoms with Gasteiger partial charge in [-0.05, 0) is 30.7 Å². The molecule has 0 bridgehead atoms. The molecule has 0 aliphatic carbocycles. The molecule has 1 aliphatic rings. The lowest BCUT2D eigenvalue weighted by atomic mass is 10.2. The van der Waals surface area contributed by atoms with Gasteiger partial charge in [-0.2, -0.15) is 0 Å². The van der Waals surface area contributed by atoms with Gasteiger partial charge in [-0.15, -0.1) is 0 Å². The first-order valence-corrected chi connectivity index (χ1v) is 8.07. The van der Waals surface area contributed by atoms with E-state index in [1.165, 1.54) is 0 Å². The lowest BCUT2D eigenvalue weighted by Gasteiger charge is -2.30. The average molecular weight is 310 g/mol. The van der Waals surface area contributed by atoms with Crippen molar-refractivity contribution in [3.05, 3.63) is 60.2 Å². The maximum absolute atomic E-state index is 12.4. The van der Waals surface area contributed by atoms with E-state index in [1.54, 1.807) is 12.1 Å². The first-order valence-electron chi connectivity index (χ1n) is 8.07. The van der Waals surface area contributed by atoms with E-state index in [-0.39, 0.29) is 5.97 Å². The molecule has 0 fully saturated rings. The van der Waals surface area contributed by atoms with Crippen LogP contribution in [0.25, 0.3) is 0 Å². The smallest absolute Gasteiger partial charge is 0.341 e. The van der Waals surface area contributed by atoms with E-state index in [0.29, 0.717) is 5.56 Å². The molecular weight excluding hydrogens is 288 g/mol. The number of nitrogens with zero attached hydrogens (tertiary/aromatic N) is 2. The molecular formula is C19H22N2O2. The zero-order valence-corrected chi connectivity index (χ0v) is 13.6. The number of benzene rings is 2. The minimum atomic E-state index is -0.397. The van der Waals surface area contributed by atoms with Crippen molar-refractivity contribution >= 4 is 17.3 Å². The van der Waals surface area contributed by atoms with Crippen LogP contribution in [-0.4, -0.2) is 25.9 Å². The van der Waals surface area contributed by atoms with E-state index < -0.39 is 6.35 Å². The number of carbonyl (C=O) groups is 1. The van der Waals surface area contributed by atoms with Crippen LogP contribution in [0, 0.1) is 0 Å². The molecule has 120 valence electrons. The summed E-state index contributed by atoms with van der Waals surface area (Å²) in [7, 11) is 1.97. The van der Waals surface area contributed by atoms with Crippen molar-refractivity contribution in [3.8, 4) is 0 Å². The molecule has 23 heavy (non-hydrogen) atoms. The summed E-state index contributed by atoms with van der Waals surface area (Å²) in [6.07, 6.45) is 1.76. The Kier molecular flexibility index (Phi) is 4.51. The van der Waals surface area contributed by atoms with E-state index in [1.807, 2.05) is 42.3 Å². The molecule has 0 saturated heterocycles. The maximum Gasteiger partial charge on any atom is 0.341 e. The second-order valence-corrected chi connectivity index (χ2v) is 5.74.